The Morgan fingerprint density at radius 3 is 2.47 bits per heavy atom. The van der Waals surface area contributed by atoms with Crippen LogP contribution in [0.25, 0.3) is 5.69 Å². The van der Waals surface area contributed by atoms with E-state index < -0.39 is 0 Å². The number of aromatic nitrogens is 3. The number of nitrogens with one attached hydrogen (secondary N) is 1. The lowest BCUT2D eigenvalue weighted by Crippen LogP contribution is -2.35. The zero-order chi connectivity index (χ0) is 13.9. The molecule has 0 spiro atoms. The number of hydrogen-bond acceptors (Lipinski definition) is 3. The molecule has 0 aromatic carbocycles. The zero-order valence-electron chi connectivity index (χ0n) is 12.1. The Morgan fingerprint density at radius 1 is 1.21 bits per heavy atom. The Balaban J connectivity index is 2.26. The summed E-state index contributed by atoms with van der Waals surface area (Å²) in [6.07, 6.45) is 6.51. The second kappa shape index (κ2) is 5.53. The molecule has 4 nitrogen and oxygen atoms in total. The van der Waals surface area contributed by atoms with Crippen molar-refractivity contribution in [3.05, 3.63) is 42.0 Å². The lowest BCUT2D eigenvalue weighted by molar-refractivity contribution is 0.423. The van der Waals surface area contributed by atoms with E-state index in [1.54, 1.807) is 12.4 Å². The fraction of sp³-hybridized carbons (Fsp3) is 0.467. The quantitative estimate of drug-likeness (QED) is 0.917. The maximum absolute atomic E-state index is 4.51. The highest BCUT2D eigenvalue weighted by Crippen LogP contribution is 2.16. The van der Waals surface area contributed by atoms with Crippen molar-refractivity contribution >= 4 is 0 Å². The van der Waals surface area contributed by atoms with Gasteiger partial charge in [-0.3, -0.25) is 4.98 Å². The van der Waals surface area contributed by atoms with Gasteiger partial charge in [0.25, 0.3) is 0 Å². The van der Waals surface area contributed by atoms with E-state index in [4.69, 9.17) is 0 Å². The molecular weight excluding hydrogens is 236 g/mol. The summed E-state index contributed by atoms with van der Waals surface area (Å²) < 4.78 is 2.00. The van der Waals surface area contributed by atoms with Gasteiger partial charge < -0.3 is 5.32 Å². The fourth-order valence-electron chi connectivity index (χ4n) is 2.00. The van der Waals surface area contributed by atoms with Gasteiger partial charge in [0.05, 0.1) is 11.9 Å². The van der Waals surface area contributed by atoms with Gasteiger partial charge in [-0.15, -0.1) is 0 Å². The first kappa shape index (κ1) is 13.7. The normalized spacial score (nSPS) is 11.8. The van der Waals surface area contributed by atoms with Crippen LogP contribution in [0.3, 0.4) is 0 Å². The lowest BCUT2D eigenvalue weighted by Gasteiger charge is -2.20. The maximum Gasteiger partial charge on any atom is 0.0679 e. The number of rotatable bonds is 4. The standard InChI is InChI=1S/C15H22N4/c1-5-14-12(10-17-15(2,3)4)11-18-19(14)13-6-8-16-9-7-13/h6-9,11,17H,5,10H2,1-4H3. The molecule has 0 aliphatic carbocycles. The first-order valence-corrected chi connectivity index (χ1v) is 6.72. The summed E-state index contributed by atoms with van der Waals surface area (Å²) in [5, 5.41) is 8.02. The Kier molecular flexibility index (Phi) is 4.00. The van der Waals surface area contributed by atoms with E-state index in [0.717, 1.165) is 18.7 Å². The molecule has 0 atom stereocenters. The van der Waals surface area contributed by atoms with Crippen molar-refractivity contribution in [2.45, 2.75) is 46.2 Å². The van der Waals surface area contributed by atoms with Gasteiger partial charge in [-0.2, -0.15) is 5.10 Å². The van der Waals surface area contributed by atoms with Crippen molar-refractivity contribution in [2.24, 2.45) is 0 Å². The highest BCUT2D eigenvalue weighted by atomic mass is 15.3. The Morgan fingerprint density at radius 2 is 1.89 bits per heavy atom. The van der Waals surface area contributed by atoms with Gasteiger partial charge in [-0.1, -0.05) is 6.92 Å². The van der Waals surface area contributed by atoms with Crippen molar-refractivity contribution in [3.63, 3.8) is 0 Å². The van der Waals surface area contributed by atoms with Crippen molar-refractivity contribution in [1.29, 1.82) is 0 Å². The summed E-state index contributed by atoms with van der Waals surface area (Å²) in [6, 6.07) is 3.96. The molecular formula is C15H22N4. The second-order valence-electron chi connectivity index (χ2n) is 5.69. The first-order valence-electron chi connectivity index (χ1n) is 6.72. The third-order valence-electron chi connectivity index (χ3n) is 3.01. The fourth-order valence-corrected chi connectivity index (χ4v) is 2.00. The minimum atomic E-state index is 0.115. The monoisotopic (exact) mass is 258 g/mol. The smallest absolute Gasteiger partial charge is 0.0679 e. The molecule has 0 unspecified atom stereocenters. The summed E-state index contributed by atoms with van der Waals surface area (Å²) in [7, 11) is 0. The van der Waals surface area contributed by atoms with E-state index in [0.29, 0.717) is 0 Å². The van der Waals surface area contributed by atoms with Crippen LogP contribution in [0.1, 0.15) is 39.0 Å². The summed E-state index contributed by atoms with van der Waals surface area (Å²) in [5.74, 6) is 0. The third kappa shape index (κ3) is 3.41. The van der Waals surface area contributed by atoms with Crippen LogP contribution in [0.15, 0.2) is 30.7 Å². The summed E-state index contributed by atoms with van der Waals surface area (Å²) >= 11 is 0. The van der Waals surface area contributed by atoms with E-state index in [1.165, 1.54) is 11.3 Å². The van der Waals surface area contributed by atoms with Crippen LogP contribution < -0.4 is 5.32 Å². The molecule has 0 amide bonds. The molecule has 0 saturated heterocycles. The van der Waals surface area contributed by atoms with Crippen LogP contribution in [-0.2, 0) is 13.0 Å². The highest BCUT2D eigenvalue weighted by Gasteiger charge is 2.14. The topological polar surface area (TPSA) is 42.7 Å². The summed E-state index contributed by atoms with van der Waals surface area (Å²) in [4.78, 5) is 4.05. The number of pyridine rings is 1. The SMILES string of the molecule is CCc1c(CNC(C)(C)C)cnn1-c1ccncc1. The van der Waals surface area contributed by atoms with Gasteiger partial charge in [0.15, 0.2) is 0 Å². The Bertz CT molecular complexity index is 523. The van der Waals surface area contributed by atoms with Crippen LogP contribution in [-0.4, -0.2) is 20.3 Å². The number of nitrogens with zero attached hydrogens (tertiary/aromatic N) is 3. The van der Waals surface area contributed by atoms with E-state index in [1.807, 2.05) is 23.0 Å². The van der Waals surface area contributed by atoms with Gasteiger partial charge in [0.1, 0.15) is 0 Å². The molecule has 2 rings (SSSR count). The van der Waals surface area contributed by atoms with E-state index >= 15 is 0 Å². The van der Waals surface area contributed by atoms with Crippen molar-refractivity contribution < 1.29 is 0 Å². The molecule has 2 aromatic heterocycles. The van der Waals surface area contributed by atoms with E-state index in [9.17, 15) is 0 Å². The molecule has 0 bridgehead atoms. The van der Waals surface area contributed by atoms with Crippen LogP contribution in [0, 0.1) is 0 Å². The second-order valence-corrected chi connectivity index (χ2v) is 5.69. The molecule has 102 valence electrons. The molecule has 2 heterocycles. The van der Waals surface area contributed by atoms with Crippen LogP contribution >= 0.6 is 0 Å². The summed E-state index contributed by atoms with van der Waals surface area (Å²) in [5.41, 5.74) is 3.69. The molecule has 1 N–H and O–H groups in total. The Labute approximate surface area is 114 Å². The van der Waals surface area contributed by atoms with Gasteiger partial charge in [0.2, 0.25) is 0 Å². The molecule has 0 aliphatic heterocycles. The maximum atomic E-state index is 4.51. The largest absolute Gasteiger partial charge is 0.308 e. The van der Waals surface area contributed by atoms with Gasteiger partial charge in [-0.05, 0) is 39.3 Å². The molecule has 0 aliphatic rings. The summed E-state index contributed by atoms with van der Waals surface area (Å²) in [6.45, 7) is 9.52. The predicted octanol–water partition coefficient (Wildman–Crippen LogP) is 2.72. The van der Waals surface area contributed by atoms with Gasteiger partial charge >= 0.3 is 0 Å². The average Bonchev–Trinajstić information content (AvgIpc) is 2.79. The first-order chi connectivity index (χ1) is 9.01. The third-order valence-corrected chi connectivity index (χ3v) is 3.01. The Hall–Kier alpha value is -1.68. The lowest BCUT2D eigenvalue weighted by atomic mass is 10.1. The van der Waals surface area contributed by atoms with Crippen LogP contribution in [0.2, 0.25) is 0 Å². The van der Waals surface area contributed by atoms with Crippen molar-refractivity contribution in [1.82, 2.24) is 20.1 Å². The molecule has 0 radical (unpaired) electrons. The van der Waals surface area contributed by atoms with Crippen molar-refractivity contribution in [2.75, 3.05) is 0 Å². The molecule has 0 saturated carbocycles. The van der Waals surface area contributed by atoms with E-state index in [-0.39, 0.29) is 5.54 Å². The van der Waals surface area contributed by atoms with Crippen LogP contribution in [0.4, 0.5) is 0 Å². The van der Waals surface area contributed by atoms with Crippen LogP contribution in [0.5, 0.6) is 0 Å². The van der Waals surface area contributed by atoms with Gasteiger partial charge in [-0.25, -0.2) is 4.68 Å². The van der Waals surface area contributed by atoms with E-state index in [2.05, 4.69) is 43.1 Å². The highest BCUT2D eigenvalue weighted by molar-refractivity contribution is 5.33. The van der Waals surface area contributed by atoms with Gasteiger partial charge in [0, 0.05) is 35.7 Å². The molecule has 4 heteroatoms. The minimum Gasteiger partial charge on any atom is -0.308 e. The molecule has 19 heavy (non-hydrogen) atoms. The predicted molar refractivity (Wildman–Crippen MR) is 77.3 cm³/mol. The number of hydrogen-bond donors (Lipinski definition) is 1. The minimum absolute atomic E-state index is 0.115. The van der Waals surface area contributed by atoms with Crippen molar-refractivity contribution in [3.8, 4) is 5.69 Å². The average molecular weight is 258 g/mol. The zero-order valence-corrected chi connectivity index (χ0v) is 12.1. The molecule has 0 fully saturated rings. The molecule has 2 aromatic rings.